The van der Waals surface area contributed by atoms with Gasteiger partial charge < -0.3 is 15.4 Å². The summed E-state index contributed by atoms with van der Waals surface area (Å²) in [5.74, 6) is -0.344. The van der Waals surface area contributed by atoms with Crippen LogP contribution >= 0.6 is 34.8 Å². The lowest BCUT2D eigenvalue weighted by Gasteiger charge is -2.30. The van der Waals surface area contributed by atoms with Crippen molar-refractivity contribution in [1.29, 1.82) is 0 Å². The first-order valence-electron chi connectivity index (χ1n) is 8.99. The summed E-state index contributed by atoms with van der Waals surface area (Å²) in [6, 6.07) is 15.1. The van der Waals surface area contributed by atoms with E-state index in [-0.39, 0.29) is 21.5 Å². The Hall–Kier alpha value is -2.73. The van der Waals surface area contributed by atoms with E-state index in [0.29, 0.717) is 40.7 Å². The van der Waals surface area contributed by atoms with E-state index in [1.165, 1.54) is 0 Å². The van der Waals surface area contributed by atoms with Crippen LogP contribution in [0.1, 0.15) is 20.7 Å². The summed E-state index contributed by atoms with van der Waals surface area (Å²) in [5.41, 5.74) is 7.93. The zero-order valence-corrected chi connectivity index (χ0v) is 17.8. The quantitative estimate of drug-likeness (QED) is 0.563. The molecule has 30 heavy (non-hydrogen) atoms. The van der Waals surface area contributed by atoms with Crippen LogP contribution in [0.3, 0.4) is 0 Å². The molecule has 2 amide bonds. The van der Waals surface area contributed by atoms with Gasteiger partial charge in [0.1, 0.15) is 12.4 Å². The first kappa shape index (κ1) is 20.5. The third-order valence-electron chi connectivity index (χ3n) is 4.81. The fraction of sp³-hybridized carbons (Fsp3) is 0.0909. The number of hydrogen-bond acceptors (Lipinski definition) is 3. The lowest BCUT2D eigenvalue weighted by atomic mass is 10.0. The van der Waals surface area contributed by atoms with E-state index < -0.39 is 5.91 Å². The zero-order valence-electron chi connectivity index (χ0n) is 15.5. The third kappa shape index (κ3) is 3.72. The van der Waals surface area contributed by atoms with Gasteiger partial charge in [-0.25, -0.2) is 0 Å². The first-order valence-corrected chi connectivity index (χ1v) is 10.1. The summed E-state index contributed by atoms with van der Waals surface area (Å²) in [5, 5.41) is 1.03. The summed E-state index contributed by atoms with van der Waals surface area (Å²) in [4.78, 5) is 26.3. The maximum Gasteiger partial charge on any atom is 0.261 e. The molecule has 0 atom stereocenters. The lowest BCUT2D eigenvalue weighted by molar-refractivity contribution is 0.0974. The van der Waals surface area contributed by atoms with Gasteiger partial charge in [0.05, 0.1) is 27.8 Å². The van der Waals surface area contributed by atoms with Crippen molar-refractivity contribution in [2.24, 2.45) is 5.73 Å². The highest BCUT2D eigenvalue weighted by Gasteiger charge is 2.28. The molecule has 0 bridgehead atoms. The Morgan fingerprint density at radius 1 is 0.933 bits per heavy atom. The number of amides is 2. The predicted molar refractivity (Wildman–Crippen MR) is 119 cm³/mol. The molecular weight excluding hydrogens is 447 g/mol. The van der Waals surface area contributed by atoms with Gasteiger partial charge in [-0.2, -0.15) is 0 Å². The molecule has 5 nitrogen and oxygen atoms in total. The Morgan fingerprint density at radius 2 is 1.67 bits per heavy atom. The summed E-state index contributed by atoms with van der Waals surface area (Å²) < 4.78 is 5.79. The Bertz CT molecular complexity index is 1160. The van der Waals surface area contributed by atoms with Crippen LogP contribution in [0.2, 0.25) is 15.1 Å². The molecule has 0 spiro atoms. The van der Waals surface area contributed by atoms with Crippen molar-refractivity contribution in [1.82, 2.24) is 0 Å². The SMILES string of the molecule is NC(=O)c1ccc(Cl)c(-c2ccc3c(c2)OCCN3C(=O)c2c(Cl)cccc2Cl)c1. The average molecular weight is 462 g/mol. The van der Waals surface area contributed by atoms with Crippen molar-refractivity contribution in [3.63, 3.8) is 0 Å². The van der Waals surface area contributed by atoms with E-state index in [0.717, 1.165) is 5.56 Å². The number of anilines is 1. The topological polar surface area (TPSA) is 72.6 Å². The smallest absolute Gasteiger partial charge is 0.261 e. The van der Waals surface area contributed by atoms with Gasteiger partial charge >= 0.3 is 0 Å². The maximum absolute atomic E-state index is 13.2. The summed E-state index contributed by atoms with van der Waals surface area (Å²) in [6.07, 6.45) is 0. The Morgan fingerprint density at radius 3 is 2.37 bits per heavy atom. The molecule has 1 aliphatic heterocycles. The van der Waals surface area contributed by atoms with Crippen LogP contribution in [0.25, 0.3) is 11.1 Å². The van der Waals surface area contributed by atoms with Crippen LogP contribution in [0, 0.1) is 0 Å². The van der Waals surface area contributed by atoms with Gasteiger partial charge in [-0.15, -0.1) is 0 Å². The number of hydrogen-bond donors (Lipinski definition) is 1. The van der Waals surface area contributed by atoms with Gasteiger partial charge in [0.15, 0.2) is 0 Å². The van der Waals surface area contributed by atoms with Crippen LogP contribution in [-0.2, 0) is 0 Å². The maximum atomic E-state index is 13.2. The number of halogens is 3. The monoisotopic (exact) mass is 460 g/mol. The third-order valence-corrected chi connectivity index (χ3v) is 5.77. The molecule has 2 N–H and O–H groups in total. The van der Waals surface area contributed by atoms with Crippen LogP contribution in [-0.4, -0.2) is 25.0 Å². The summed E-state index contributed by atoms with van der Waals surface area (Å²) in [6.45, 7) is 0.657. The number of ether oxygens (including phenoxy) is 1. The zero-order chi connectivity index (χ0) is 21.4. The van der Waals surface area contributed by atoms with Gasteiger partial charge in [0.25, 0.3) is 5.91 Å². The fourth-order valence-electron chi connectivity index (χ4n) is 3.34. The molecular formula is C22H15Cl3N2O3. The lowest BCUT2D eigenvalue weighted by Crippen LogP contribution is -2.38. The second kappa shape index (κ2) is 8.19. The number of carbonyl (C=O) groups is 2. The minimum atomic E-state index is -0.546. The molecule has 0 fully saturated rings. The fourth-order valence-corrected chi connectivity index (χ4v) is 4.12. The van der Waals surface area contributed by atoms with Crippen LogP contribution in [0.4, 0.5) is 5.69 Å². The number of nitrogens with zero attached hydrogens (tertiary/aromatic N) is 1. The van der Waals surface area contributed by atoms with Crippen molar-refractivity contribution >= 4 is 52.3 Å². The van der Waals surface area contributed by atoms with E-state index in [4.69, 9.17) is 45.3 Å². The molecule has 152 valence electrons. The Labute approximate surface area is 187 Å². The van der Waals surface area contributed by atoms with Gasteiger partial charge in [-0.1, -0.05) is 46.9 Å². The molecule has 3 aromatic rings. The second-order valence-corrected chi connectivity index (χ2v) is 7.86. The number of nitrogens with two attached hydrogens (primary N) is 1. The predicted octanol–water partition coefficient (Wildman–Crippen LogP) is 5.45. The van der Waals surface area contributed by atoms with Gasteiger partial charge in [0.2, 0.25) is 5.91 Å². The molecule has 0 aromatic heterocycles. The van der Waals surface area contributed by atoms with Crippen molar-refractivity contribution in [3.8, 4) is 16.9 Å². The number of rotatable bonds is 3. The van der Waals surface area contributed by atoms with Gasteiger partial charge in [-0.05, 0) is 48.0 Å². The highest BCUT2D eigenvalue weighted by Crippen LogP contribution is 2.39. The standard InChI is InChI=1S/C22H15Cl3N2O3/c23-15-6-4-13(21(26)28)10-14(15)12-5-7-18-19(11-12)30-9-8-27(18)22(29)20-16(24)2-1-3-17(20)25/h1-7,10-11H,8-9H2,(H2,26,28). The van der Waals surface area contributed by atoms with Gasteiger partial charge in [0, 0.05) is 16.1 Å². The molecule has 0 radical (unpaired) electrons. The minimum absolute atomic E-state index is 0.245. The summed E-state index contributed by atoms with van der Waals surface area (Å²) in [7, 11) is 0. The first-order chi connectivity index (χ1) is 14.4. The molecule has 3 aromatic carbocycles. The van der Waals surface area contributed by atoms with E-state index in [9.17, 15) is 9.59 Å². The van der Waals surface area contributed by atoms with Crippen molar-refractivity contribution < 1.29 is 14.3 Å². The molecule has 0 saturated carbocycles. The number of benzene rings is 3. The second-order valence-electron chi connectivity index (χ2n) is 6.64. The largest absolute Gasteiger partial charge is 0.490 e. The average Bonchev–Trinajstić information content (AvgIpc) is 2.72. The van der Waals surface area contributed by atoms with Crippen molar-refractivity contribution in [2.45, 2.75) is 0 Å². The Balaban J connectivity index is 1.75. The number of fused-ring (bicyclic) bond motifs is 1. The molecule has 4 rings (SSSR count). The van der Waals surface area contributed by atoms with Crippen LogP contribution in [0.5, 0.6) is 5.75 Å². The van der Waals surface area contributed by atoms with E-state index in [1.807, 2.05) is 0 Å². The van der Waals surface area contributed by atoms with E-state index >= 15 is 0 Å². The van der Waals surface area contributed by atoms with Crippen LogP contribution in [0.15, 0.2) is 54.6 Å². The molecule has 1 aliphatic rings. The molecule has 0 saturated heterocycles. The van der Waals surface area contributed by atoms with Gasteiger partial charge in [-0.3, -0.25) is 9.59 Å². The van der Waals surface area contributed by atoms with E-state index in [2.05, 4.69) is 0 Å². The highest BCUT2D eigenvalue weighted by atomic mass is 35.5. The Kier molecular flexibility index (Phi) is 5.60. The van der Waals surface area contributed by atoms with Crippen molar-refractivity contribution in [2.75, 3.05) is 18.1 Å². The number of carbonyl (C=O) groups excluding carboxylic acids is 2. The molecule has 0 unspecified atom stereocenters. The van der Waals surface area contributed by atoms with Crippen LogP contribution < -0.4 is 15.4 Å². The highest BCUT2D eigenvalue weighted by molar-refractivity contribution is 6.40. The molecule has 8 heteroatoms. The number of primary amides is 1. The minimum Gasteiger partial charge on any atom is -0.490 e. The van der Waals surface area contributed by atoms with Crippen molar-refractivity contribution in [3.05, 3.63) is 80.8 Å². The molecule has 0 aliphatic carbocycles. The normalized spacial score (nSPS) is 12.8. The summed E-state index contributed by atoms with van der Waals surface area (Å²) >= 11 is 18.8. The molecule has 1 heterocycles. The van der Waals surface area contributed by atoms with E-state index in [1.54, 1.807) is 59.5 Å².